The lowest BCUT2D eigenvalue weighted by molar-refractivity contribution is 0.0697. The third-order valence-corrected chi connectivity index (χ3v) is 3.57. The number of carboxylic acids is 1. The molecule has 5 nitrogen and oxygen atoms in total. The van der Waals surface area contributed by atoms with Crippen LogP contribution in [0.1, 0.15) is 10.4 Å². The fraction of sp³-hybridized carbons (Fsp3) is 0. The first-order valence-electron chi connectivity index (χ1n) is 5.86. The minimum atomic E-state index is -1.12. The summed E-state index contributed by atoms with van der Waals surface area (Å²) in [4.78, 5) is 23.4. The maximum Gasteiger partial charge on any atom is 0.338 e. The number of fused-ring (bicyclic) bond motifs is 1. The number of nitrogens with zero attached hydrogens (tertiary/aromatic N) is 3. The summed E-state index contributed by atoms with van der Waals surface area (Å²) >= 11 is 11.9. The Morgan fingerprint density at radius 1 is 1.05 bits per heavy atom. The van der Waals surface area contributed by atoms with Gasteiger partial charge in [-0.3, -0.25) is 9.97 Å². The second-order valence-corrected chi connectivity index (χ2v) is 5.01. The van der Waals surface area contributed by atoms with E-state index < -0.39 is 5.97 Å². The van der Waals surface area contributed by atoms with Gasteiger partial charge in [0.25, 0.3) is 0 Å². The molecule has 0 saturated carbocycles. The van der Waals surface area contributed by atoms with Crippen molar-refractivity contribution in [3.8, 4) is 11.3 Å². The van der Waals surface area contributed by atoms with Crippen LogP contribution in [0.2, 0.25) is 10.2 Å². The highest BCUT2D eigenvalue weighted by atomic mass is 35.5. The molecule has 3 heterocycles. The zero-order valence-electron chi connectivity index (χ0n) is 10.4. The van der Waals surface area contributed by atoms with Gasteiger partial charge >= 0.3 is 5.97 Å². The molecule has 0 saturated heterocycles. The van der Waals surface area contributed by atoms with Gasteiger partial charge in [0.15, 0.2) is 0 Å². The Morgan fingerprint density at radius 2 is 1.86 bits per heavy atom. The molecule has 0 aliphatic heterocycles. The van der Waals surface area contributed by atoms with Crippen LogP contribution in [0.15, 0.2) is 36.8 Å². The fourth-order valence-corrected chi connectivity index (χ4v) is 2.29. The van der Waals surface area contributed by atoms with E-state index in [-0.39, 0.29) is 10.6 Å². The van der Waals surface area contributed by atoms with Crippen LogP contribution in [0.4, 0.5) is 0 Å². The minimum Gasteiger partial charge on any atom is -0.478 e. The largest absolute Gasteiger partial charge is 0.478 e. The van der Waals surface area contributed by atoms with Crippen molar-refractivity contribution in [2.45, 2.75) is 0 Å². The van der Waals surface area contributed by atoms with Crippen molar-refractivity contribution in [3.05, 3.63) is 52.5 Å². The van der Waals surface area contributed by atoms with Crippen LogP contribution in [-0.2, 0) is 0 Å². The van der Waals surface area contributed by atoms with Gasteiger partial charge in [-0.1, -0.05) is 23.2 Å². The molecule has 0 aromatic carbocycles. The summed E-state index contributed by atoms with van der Waals surface area (Å²) in [6.45, 7) is 0. The van der Waals surface area contributed by atoms with Crippen molar-refractivity contribution >= 4 is 40.1 Å². The lowest BCUT2D eigenvalue weighted by Crippen LogP contribution is -1.99. The van der Waals surface area contributed by atoms with E-state index in [1.807, 2.05) is 0 Å². The van der Waals surface area contributed by atoms with Gasteiger partial charge in [0.05, 0.1) is 28.0 Å². The van der Waals surface area contributed by atoms with Crippen LogP contribution in [0, 0.1) is 0 Å². The SMILES string of the molecule is O=C(O)c1cnc2cnc(-c3ccc(Cl)nc3)cc2c1Cl. The molecular weight excluding hydrogens is 313 g/mol. The van der Waals surface area contributed by atoms with Gasteiger partial charge in [0.2, 0.25) is 0 Å². The Hall–Kier alpha value is -2.24. The first-order valence-corrected chi connectivity index (χ1v) is 6.61. The maximum absolute atomic E-state index is 11.1. The average Bonchev–Trinajstić information content (AvgIpc) is 2.48. The Bertz CT molecular complexity index is 851. The third kappa shape index (κ3) is 2.53. The highest BCUT2D eigenvalue weighted by molar-refractivity contribution is 6.38. The number of hydrogen-bond donors (Lipinski definition) is 1. The van der Waals surface area contributed by atoms with Crippen LogP contribution in [-0.4, -0.2) is 26.0 Å². The highest BCUT2D eigenvalue weighted by Crippen LogP contribution is 2.28. The van der Waals surface area contributed by atoms with Crippen molar-refractivity contribution in [1.82, 2.24) is 15.0 Å². The molecule has 3 aromatic heterocycles. The monoisotopic (exact) mass is 319 g/mol. The van der Waals surface area contributed by atoms with E-state index in [9.17, 15) is 4.79 Å². The molecule has 3 aromatic rings. The zero-order valence-corrected chi connectivity index (χ0v) is 11.9. The van der Waals surface area contributed by atoms with E-state index in [0.717, 1.165) is 5.56 Å². The van der Waals surface area contributed by atoms with E-state index in [2.05, 4.69) is 15.0 Å². The van der Waals surface area contributed by atoms with Crippen LogP contribution in [0.25, 0.3) is 22.2 Å². The van der Waals surface area contributed by atoms with E-state index in [0.29, 0.717) is 21.7 Å². The average molecular weight is 320 g/mol. The number of aromatic carboxylic acids is 1. The number of pyridine rings is 3. The molecular formula is C14H7Cl2N3O2. The van der Waals surface area contributed by atoms with Gasteiger partial charge in [-0.25, -0.2) is 9.78 Å². The van der Waals surface area contributed by atoms with Crippen LogP contribution < -0.4 is 0 Å². The molecule has 0 bridgehead atoms. The molecule has 0 aliphatic carbocycles. The summed E-state index contributed by atoms with van der Waals surface area (Å²) < 4.78 is 0. The lowest BCUT2D eigenvalue weighted by atomic mass is 10.1. The fourth-order valence-electron chi connectivity index (χ4n) is 1.90. The molecule has 21 heavy (non-hydrogen) atoms. The molecule has 0 atom stereocenters. The van der Waals surface area contributed by atoms with E-state index in [1.165, 1.54) is 12.4 Å². The van der Waals surface area contributed by atoms with Gasteiger partial charge in [-0.05, 0) is 18.2 Å². The summed E-state index contributed by atoms with van der Waals surface area (Å²) in [5, 5.41) is 10.1. The summed E-state index contributed by atoms with van der Waals surface area (Å²) in [7, 11) is 0. The van der Waals surface area contributed by atoms with E-state index in [1.54, 1.807) is 24.4 Å². The number of aromatic nitrogens is 3. The Balaban J connectivity index is 2.20. The van der Waals surface area contributed by atoms with Gasteiger partial charge < -0.3 is 5.11 Å². The van der Waals surface area contributed by atoms with Gasteiger partial charge in [-0.15, -0.1) is 0 Å². The normalized spacial score (nSPS) is 10.8. The molecule has 0 unspecified atom stereocenters. The van der Waals surface area contributed by atoms with Crippen molar-refractivity contribution < 1.29 is 9.90 Å². The number of hydrogen-bond acceptors (Lipinski definition) is 4. The molecule has 0 radical (unpaired) electrons. The molecule has 0 amide bonds. The maximum atomic E-state index is 11.1. The van der Waals surface area contributed by atoms with Crippen molar-refractivity contribution in [1.29, 1.82) is 0 Å². The predicted octanol–water partition coefficient (Wildman–Crippen LogP) is 3.70. The van der Waals surface area contributed by atoms with Gasteiger partial charge in [-0.2, -0.15) is 0 Å². The molecule has 104 valence electrons. The van der Waals surface area contributed by atoms with Gasteiger partial charge in [0, 0.05) is 23.3 Å². The summed E-state index contributed by atoms with van der Waals surface area (Å²) in [5.74, 6) is -1.12. The number of carbonyl (C=O) groups is 1. The first kappa shape index (κ1) is 13.7. The summed E-state index contributed by atoms with van der Waals surface area (Å²) in [5.41, 5.74) is 1.84. The van der Waals surface area contributed by atoms with Crippen LogP contribution in [0.3, 0.4) is 0 Å². The topological polar surface area (TPSA) is 76.0 Å². The third-order valence-electron chi connectivity index (χ3n) is 2.94. The Morgan fingerprint density at radius 3 is 2.52 bits per heavy atom. The lowest BCUT2D eigenvalue weighted by Gasteiger charge is -2.06. The summed E-state index contributed by atoms with van der Waals surface area (Å²) in [6.07, 6.45) is 4.34. The van der Waals surface area contributed by atoms with Crippen molar-refractivity contribution in [2.75, 3.05) is 0 Å². The smallest absolute Gasteiger partial charge is 0.338 e. The molecule has 0 aliphatic rings. The number of halogens is 2. The van der Waals surface area contributed by atoms with Crippen molar-refractivity contribution in [2.24, 2.45) is 0 Å². The second kappa shape index (κ2) is 5.27. The predicted molar refractivity (Wildman–Crippen MR) is 79.7 cm³/mol. The second-order valence-electron chi connectivity index (χ2n) is 4.25. The summed E-state index contributed by atoms with van der Waals surface area (Å²) in [6, 6.07) is 5.10. The molecule has 3 rings (SSSR count). The van der Waals surface area contributed by atoms with Crippen molar-refractivity contribution in [3.63, 3.8) is 0 Å². The molecule has 0 fully saturated rings. The standard InChI is InChI=1S/C14H7Cl2N3O2/c15-12-2-1-7(4-19-12)10-3-8-11(6-18-10)17-5-9(13(8)16)14(20)21/h1-6H,(H,20,21). The van der Waals surface area contributed by atoms with Gasteiger partial charge in [0.1, 0.15) is 5.15 Å². The molecule has 7 heteroatoms. The van der Waals surface area contributed by atoms with E-state index >= 15 is 0 Å². The number of rotatable bonds is 2. The zero-order chi connectivity index (χ0) is 15.0. The molecule has 1 N–H and O–H groups in total. The molecule has 0 spiro atoms. The quantitative estimate of drug-likeness (QED) is 0.729. The minimum absolute atomic E-state index is 0.0458. The van der Waals surface area contributed by atoms with Crippen LogP contribution in [0.5, 0.6) is 0 Å². The Kier molecular flexibility index (Phi) is 3.45. The van der Waals surface area contributed by atoms with E-state index in [4.69, 9.17) is 28.3 Å². The number of carboxylic acid groups (broad SMARTS) is 1. The Labute approximate surface area is 129 Å². The highest BCUT2D eigenvalue weighted by Gasteiger charge is 2.14. The first-order chi connectivity index (χ1) is 10.1. The van der Waals surface area contributed by atoms with Crippen LogP contribution >= 0.6 is 23.2 Å².